The van der Waals surface area contributed by atoms with Crippen molar-refractivity contribution >= 4 is 17.3 Å². The van der Waals surface area contributed by atoms with E-state index in [1.54, 1.807) is 18.2 Å². The van der Waals surface area contributed by atoms with Crippen LogP contribution in [0.25, 0.3) is 0 Å². The van der Waals surface area contributed by atoms with Gasteiger partial charge in [0.05, 0.1) is 11.4 Å². The van der Waals surface area contributed by atoms with Gasteiger partial charge in [0.2, 0.25) is 0 Å². The molecule has 0 saturated carbocycles. The number of benzene rings is 2. The van der Waals surface area contributed by atoms with Crippen molar-refractivity contribution in [3.63, 3.8) is 0 Å². The van der Waals surface area contributed by atoms with E-state index in [9.17, 15) is 13.6 Å². The molecule has 1 heterocycles. The van der Waals surface area contributed by atoms with Crippen molar-refractivity contribution in [2.45, 2.75) is 6.54 Å². The minimum Gasteiger partial charge on any atom is -0.482 e. The van der Waals surface area contributed by atoms with E-state index in [-0.39, 0.29) is 18.2 Å². The maximum absolute atomic E-state index is 13.5. The molecule has 1 aliphatic heterocycles. The highest BCUT2D eigenvalue weighted by Crippen LogP contribution is 2.28. The van der Waals surface area contributed by atoms with Gasteiger partial charge in [-0.1, -0.05) is 6.07 Å². The van der Waals surface area contributed by atoms with E-state index in [0.29, 0.717) is 18.0 Å². The van der Waals surface area contributed by atoms with E-state index >= 15 is 0 Å². The van der Waals surface area contributed by atoms with Gasteiger partial charge in [-0.05, 0) is 35.9 Å². The van der Waals surface area contributed by atoms with Crippen molar-refractivity contribution in [3.05, 3.63) is 53.6 Å². The standard InChI is InChI=1S/C15H12F2N2O2/c16-10-2-3-11(17)12(6-10)18-7-9-1-4-14-13(5-9)19-15(20)8-21-14/h1-6,18H,7-8H2,(H,19,20). The summed E-state index contributed by atoms with van der Waals surface area (Å²) < 4.78 is 31.8. The van der Waals surface area contributed by atoms with Gasteiger partial charge in [0.15, 0.2) is 6.61 Å². The lowest BCUT2D eigenvalue weighted by Crippen LogP contribution is -2.25. The second kappa shape index (κ2) is 5.40. The lowest BCUT2D eigenvalue weighted by atomic mass is 10.1. The molecule has 0 fully saturated rings. The quantitative estimate of drug-likeness (QED) is 0.914. The first-order chi connectivity index (χ1) is 10.1. The van der Waals surface area contributed by atoms with Gasteiger partial charge in [0.25, 0.3) is 5.91 Å². The number of halogens is 2. The summed E-state index contributed by atoms with van der Waals surface area (Å²) in [5.41, 5.74) is 1.47. The van der Waals surface area contributed by atoms with Crippen molar-refractivity contribution in [3.8, 4) is 5.75 Å². The topological polar surface area (TPSA) is 50.4 Å². The molecule has 2 aromatic rings. The van der Waals surface area contributed by atoms with Gasteiger partial charge in [-0.2, -0.15) is 0 Å². The number of hydrogen-bond donors (Lipinski definition) is 2. The van der Waals surface area contributed by atoms with Gasteiger partial charge in [-0.25, -0.2) is 8.78 Å². The minimum absolute atomic E-state index is 0.000893. The third kappa shape index (κ3) is 2.94. The Labute approximate surface area is 119 Å². The monoisotopic (exact) mass is 290 g/mol. The smallest absolute Gasteiger partial charge is 0.262 e. The summed E-state index contributed by atoms with van der Waals surface area (Å²) in [5, 5.41) is 5.51. The fourth-order valence-corrected chi connectivity index (χ4v) is 2.07. The molecular formula is C15H12F2N2O2. The summed E-state index contributed by atoms with van der Waals surface area (Å²) in [4.78, 5) is 11.3. The normalized spacial score (nSPS) is 13.1. The molecule has 0 aliphatic carbocycles. The van der Waals surface area contributed by atoms with Crippen LogP contribution in [0.15, 0.2) is 36.4 Å². The van der Waals surface area contributed by atoms with Crippen LogP contribution in [0.1, 0.15) is 5.56 Å². The number of carbonyl (C=O) groups is 1. The zero-order valence-electron chi connectivity index (χ0n) is 11.0. The number of hydrogen-bond acceptors (Lipinski definition) is 3. The molecule has 1 aliphatic rings. The lowest BCUT2D eigenvalue weighted by Gasteiger charge is -2.18. The summed E-state index contributed by atoms with van der Waals surface area (Å²) in [6, 6.07) is 8.48. The molecule has 2 aromatic carbocycles. The average Bonchev–Trinajstić information content (AvgIpc) is 2.47. The molecule has 0 spiro atoms. The molecule has 0 radical (unpaired) electrons. The Morgan fingerprint density at radius 3 is 2.90 bits per heavy atom. The molecule has 0 bridgehead atoms. The van der Waals surface area contributed by atoms with Crippen LogP contribution < -0.4 is 15.4 Å². The predicted octanol–water partition coefficient (Wildman–Crippen LogP) is 2.91. The first-order valence-electron chi connectivity index (χ1n) is 6.36. The first-order valence-corrected chi connectivity index (χ1v) is 6.36. The van der Waals surface area contributed by atoms with Gasteiger partial charge in [0.1, 0.15) is 17.4 Å². The van der Waals surface area contributed by atoms with Crippen molar-refractivity contribution < 1.29 is 18.3 Å². The average molecular weight is 290 g/mol. The Morgan fingerprint density at radius 2 is 2.05 bits per heavy atom. The minimum atomic E-state index is -0.522. The number of rotatable bonds is 3. The Bertz CT molecular complexity index is 704. The largest absolute Gasteiger partial charge is 0.482 e. The molecule has 0 unspecified atom stereocenters. The molecule has 2 N–H and O–H groups in total. The van der Waals surface area contributed by atoms with Gasteiger partial charge >= 0.3 is 0 Å². The zero-order valence-corrected chi connectivity index (χ0v) is 11.0. The van der Waals surface area contributed by atoms with Crippen LogP contribution in [0.2, 0.25) is 0 Å². The van der Waals surface area contributed by atoms with Gasteiger partial charge in [-0.3, -0.25) is 4.79 Å². The van der Waals surface area contributed by atoms with Crippen LogP contribution in [-0.2, 0) is 11.3 Å². The number of amides is 1. The van der Waals surface area contributed by atoms with Crippen LogP contribution in [-0.4, -0.2) is 12.5 Å². The zero-order chi connectivity index (χ0) is 14.8. The van der Waals surface area contributed by atoms with E-state index in [1.807, 2.05) is 0 Å². The number of ether oxygens (including phenoxy) is 1. The van der Waals surface area contributed by atoms with Crippen LogP contribution in [0.3, 0.4) is 0 Å². The van der Waals surface area contributed by atoms with Crippen molar-refractivity contribution in [2.75, 3.05) is 17.2 Å². The maximum atomic E-state index is 13.5. The van der Waals surface area contributed by atoms with E-state index in [4.69, 9.17) is 4.74 Å². The number of nitrogens with one attached hydrogen (secondary N) is 2. The summed E-state index contributed by atoms with van der Waals surface area (Å²) in [7, 11) is 0. The van der Waals surface area contributed by atoms with Crippen LogP contribution >= 0.6 is 0 Å². The molecule has 1 amide bonds. The van der Waals surface area contributed by atoms with E-state index in [0.717, 1.165) is 23.8 Å². The number of anilines is 2. The highest BCUT2D eigenvalue weighted by atomic mass is 19.1. The second-order valence-corrected chi connectivity index (χ2v) is 4.65. The molecule has 0 saturated heterocycles. The Morgan fingerprint density at radius 1 is 1.19 bits per heavy atom. The lowest BCUT2D eigenvalue weighted by molar-refractivity contribution is -0.118. The molecule has 21 heavy (non-hydrogen) atoms. The molecule has 0 aromatic heterocycles. The van der Waals surface area contributed by atoms with Crippen molar-refractivity contribution in [1.29, 1.82) is 0 Å². The third-order valence-electron chi connectivity index (χ3n) is 3.09. The van der Waals surface area contributed by atoms with Gasteiger partial charge in [-0.15, -0.1) is 0 Å². The van der Waals surface area contributed by atoms with E-state index < -0.39 is 11.6 Å². The van der Waals surface area contributed by atoms with Crippen LogP contribution in [0.4, 0.5) is 20.2 Å². The Hall–Kier alpha value is -2.63. The third-order valence-corrected chi connectivity index (χ3v) is 3.09. The molecule has 4 nitrogen and oxygen atoms in total. The molecule has 0 atom stereocenters. The highest BCUT2D eigenvalue weighted by Gasteiger charge is 2.15. The number of carbonyl (C=O) groups excluding carboxylic acids is 1. The second-order valence-electron chi connectivity index (χ2n) is 4.65. The Kier molecular flexibility index (Phi) is 3.43. The van der Waals surface area contributed by atoms with Crippen LogP contribution in [0, 0.1) is 11.6 Å². The predicted molar refractivity (Wildman–Crippen MR) is 74.3 cm³/mol. The fourth-order valence-electron chi connectivity index (χ4n) is 2.07. The number of fused-ring (bicyclic) bond motifs is 1. The van der Waals surface area contributed by atoms with Crippen molar-refractivity contribution in [1.82, 2.24) is 0 Å². The first kappa shape index (κ1) is 13.4. The summed E-state index contributed by atoms with van der Waals surface area (Å²) in [6.07, 6.45) is 0. The maximum Gasteiger partial charge on any atom is 0.262 e. The molecule has 3 rings (SSSR count). The summed E-state index contributed by atoms with van der Waals surface area (Å²) in [6.45, 7) is 0.294. The Balaban J connectivity index is 1.75. The fraction of sp³-hybridized carbons (Fsp3) is 0.133. The molecule has 108 valence electrons. The summed E-state index contributed by atoms with van der Waals surface area (Å²) in [5.74, 6) is -0.657. The SMILES string of the molecule is O=C1COc2ccc(CNc3cc(F)ccc3F)cc2N1. The van der Waals surface area contributed by atoms with Crippen molar-refractivity contribution in [2.24, 2.45) is 0 Å². The highest BCUT2D eigenvalue weighted by molar-refractivity contribution is 5.95. The molecule has 6 heteroatoms. The van der Waals surface area contributed by atoms with Gasteiger partial charge < -0.3 is 15.4 Å². The van der Waals surface area contributed by atoms with Gasteiger partial charge in [0, 0.05) is 6.54 Å². The summed E-state index contributed by atoms with van der Waals surface area (Å²) >= 11 is 0. The van der Waals surface area contributed by atoms with E-state index in [1.165, 1.54) is 0 Å². The molecular weight excluding hydrogens is 278 g/mol. The van der Waals surface area contributed by atoms with Crippen LogP contribution in [0.5, 0.6) is 5.75 Å². The van der Waals surface area contributed by atoms with E-state index in [2.05, 4.69) is 10.6 Å².